The van der Waals surface area contributed by atoms with Crippen molar-refractivity contribution in [1.29, 1.82) is 0 Å². The molecular weight excluding hydrogens is 367 g/mol. The summed E-state index contributed by atoms with van der Waals surface area (Å²) in [6, 6.07) is 0. The van der Waals surface area contributed by atoms with Gasteiger partial charge in [-0.05, 0) is 19.8 Å². The van der Waals surface area contributed by atoms with Crippen LogP contribution in [0.2, 0.25) is 0 Å². The monoisotopic (exact) mass is 403 g/mol. The van der Waals surface area contributed by atoms with Crippen LogP contribution in [0.15, 0.2) is 0 Å². The summed E-state index contributed by atoms with van der Waals surface area (Å²) in [6.45, 7) is 10.5. The van der Waals surface area contributed by atoms with E-state index in [-0.39, 0.29) is 0 Å². The molecule has 0 aromatic heterocycles. The minimum atomic E-state index is -6.09. The third kappa shape index (κ3) is 11.4. The van der Waals surface area contributed by atoms with Crippen LogP contribution in [-0.4, -0.2) is 49.1 Å². The molecule has 1 heterocycles. The number of halogens is 3. The van der Waals surface area contributed by atoms with Gasteiger partial charge in [-0.25, -0.2) is 8.42 Å². The van der Waals surface area contributed by atoms with Crippen LogP contribution in [0.4, 0.5) is 13.2 Å². The van der Waals surface area contributed by atoms with Crippen LogP contribution in [0, 0.1) is 0 Å². The number of alkyl halides is 3. The topological polar surface area (TPSA) is 57.2 Å². The molecule has 1 aliphatic rings. The van der Waals surface area contributed by atoms with E-state index in [0.29, 0.717) is 0 Å². The van der Waals surface area contributed by atoms with E-state index >= 15 is 0 Å². The summed E-state index contributed by atoms with van der Waals surface area (Å²) < 4.78 is 60.3. The van der Waals surface area contributed by atoms with Gasteiger partial charge in [-0.3, -0.25) is 0 Å². The SMILES string of the molecule is CCCCCCCCCCC[N+]1(CC)CCCC1.O=S(=O)([O-])C(F)(F)F. The largest absolute Gasteiger partial charge is 0.741 e. The van der Waals surface area contributed by atoms with Crippen molar-refractivity contribution in [3.63, 3.8) is 0 Å². The Bertz CT molecular complexity index is 447. The van der Waals surface area contributed by atoms with E-state index < -0.39 is 15.6 Å². The quantitative estimate of drug-likeness (QED) is 0.206. The summed E-state index contributed by atoms with van der Waals surface area (Å²) >= 11 is 0. The Hall–Kier alpha value is -0.340. The summed E-state index contributed by atoms with van der Waals surface area (Å²) in [4.78, 5) is 0. The van der Waals surface area contributed by atoms with Crippen molar-refractivity contribution in [2.24, 2.45) is 0 Å². The highest BCUT2D eigenvalue weighted by atomic mass is 32.2. The summed E-state index contributed by atoms with van der Waals surface area (Å²) in [7, 11) is -6.09. The Balaban J connectivity index is 0.000000660. The summed E-state index contributed by atoms with van der Waals surface area (Å²) in [5, 5.41) is 0. The van der Waals surface area contributed by atoms with E-state index in [4.69, 9.17) is 13.0 Å². The minimum Gasteiger partial charge on any atom is -0.741 e. The smallest absolute Gasteiger partial charge is 0.485 e. The molecule has 1 fully saturated rings. The highest BCUT2D eigenvalue weighted by Crippen LogP contribution is 2.21. The van der Waals surface area contributed by atoms with Gasteiger partial charge in [0.25, 0.3) is 0 Å². The van der Waals surface area contributed by atoms with Gasteiger partial charge in [0.1, 0.15) is 0 Å². The number of hydrogen-bond acceptors (Lipinski definition) is 3. The first-order valence-electron chi connectivity index (χ1n) is 9.95. The molecule has 1 rings (SSSR count). The average Bonchev–Trinajstić information content (AvgIpc) is 3.01. The van der Waals surface area contributed by atoms with Gasteiger partial charge in [0.2, 0.25) is 0 Å². The molecule has 0 unspecified atom stereocenters. The lowest BCUT2D eigenvalue weighted by Gasteiger charge is -2.33. The number of quaternary nitrogens is 1. The van der Waals surface area contributed by atoms with Crippen molar-refractivity contribution in [3.8, 4) is 0 Å². The molecule has 0 spiro atoms. The van der Waals surface area contributed by atoms with Crippen LogP contribution in [0.25, 0.3) is 0 Å². The summed E-state index contributed by atoms with van der Waals surface area (Å²) in [5.41, 5.74) is -5.65. The van der Waals surface area contributed by atoms with E-state index in [9.17, 15) is 13.2 Å². The fourth-order valence-electron chi connectivity index (χ4n) is 3.46. The van der Waals surface area contributed by atoms with Crippen molar-refractivity contribution in [2.75, 3.05) is 26.2 Å². The van der Waals surface area contributed by atoms with E-state index in [1.54, 1.807) is 0 Å². The standard InChI is InChI=1S/C17H36N.CHF3O3S/c1-3-5-6-7-8-9-10-11-12-15-18(4-2)16-13-14-17-18;2-1(3,4)8(5,6)7/h3-17H2,1-2H3;(H,5,6,7)/q+1;/p-1. The number of rotatable bonds is 11. The lowest BCUT2D eigenvalue weighted by atomic mass is 10.1. The van der Waals surface area contributed by atoms with Crippen molar-refractivity contribution in [2.45, 2.75) is 90.0 Å². The van der Waals surface area contributed by atoms with E-state index in [1.807, 2.05) is 0 Å². The lowest BCUT2D eigenvalue weighted by Crippen LogP contribution is -2.45. The maximum Gasteiger partial charge on any atom is 0.485 e. The normalized spacial score (nSPS) is 17.0. The second-order valence-electron chi connectivity index (χ2n) is 7.26. The van der Waals surface area contributed by atoms with Crippen LogP contribution in [-0.2, 0) is 10.1 Å². The van der Waals surface area contributed by atoms with Gasteiger partial charge in [0, 0.05) is 12.8 Å². The molecule has 158 valence electrons. The van der Waals surface area contributed by atoms with E-state index in [1.165, 1.54) is 101 Å². The number of likely N-dealkylation sites (tertiary alicyclic amines) is 1. The molecule has 0 aliphatic carbocycles. The van der Waals surface area contributed by atoms with Crippen molar-refractivity contribution >= 4 is 10.1 Å². The van der Waals surface area contributed by atoms with Gasteiger partial charge in [-0.15, -0.1) is 0 Å². The number of hydrogen-bond donors (Lipinski definition) is 0. The van der Waals surface area contributed by atoms with Gasteiger partial charge >= 0.3 is 5.51 Å². The molecule has 0 aromatic carbocycles. The van der Waals surface area contributed by atoms with Crippen LogP contribution in [0.1, 0.15) is 84.5 Å². The van der Waals surface area contributed by atoms with Crippen LogP contribution < -0.4 is 0 Å². The zero-order chi connectivity index (χ0) is 20.1. The second-order valence-corrected chi connectivity index (χ2v) is 8.64. The lowest BCUT2D eigenvalue weighted by molar-refractivity contribution is -0.915. The summed E-state index contributed by atoms with van der Waals surface area (Å²) in [6.07, 6.45) is 16.1. The van der Waals surface area contributed by atoms with Gasteiger partial charge in [0.15, 0.2) is 10.1 Å². The van der Waals surface area contributed by atoms with Crippen LogP contribution in [0.3, 0.4) is 0 Å². The second kappa shape index (κ2) is 12.9. The molecule has 0 amide bonds. The van der Waals surface area contributed by atoms with Crippen LogP contribution >= 0.6 is 0 Å². The molecule has 8 heteroatoms. The minimum absolute atomic E-state index is 1.37. The average molecular weight is 404 g/mol. The van der Waals surface area contributed by atoms with E-state index in [2.05, 4.69) is 13.8 Å². The Kier molecular flexibility index (Phi) is 12.8. The maximum absolute atomic E-state index is 10.7. The molecular formula is C18H36F3NO3S. The number of nitrogens with zero attached hydrogens (tertiary/aromatic N) is 1. The third-order valence-electron chi connectivity index (χ3n) is 5.21. The zero-order valence-corrected chi connectivity index (χ0v) is 17.1. The molecule has 0 atom stereocenters. The maximum atomic E-state index is 10.7. The fourth-order valence-corrected chi connectivity index (χ4v) is 3.46. The van der Waals surface area contributed by atoms with Gasteiger partial charge < -0.3 is 9.04 Å². The molecule has 0 aromatic rings. The van der Waals surface area contributed by atoms with Gasteiger partial charge in [0.05, 0.1) is 26.2 Å². The van der Waals surface area contributed by atoms with Gasteiger partial charge in [-0.1, -0.05) is 51.9 Å². The molecule has 0 bridgehead atoms. The van der Waals surface area contributed by atoms with Crippen LogP contribution in [0.5, 0.6) is 0 Å². The fraction of sp³-hybridized carbons (Fsp3) is 1.00. The zero-order valence-electron chi connectivity index (χ0n) is 16.3. The Morgan fingerprint density at radius 2 is 1.23 bits per heavy atom. The van der Waals surface area contributed by atoms with E-state index in [0.717, 1.165) is 0 Å². The van der Waals surface area contributed by atoms with Crippen molar-refractivity contribution in [3.05, 3.63) is 0 Å². The highest BCUT2D eigenvalue weighted by Gasteiger charge is 2.36. The van der Waals surface area contributed by atoms with Gasteiger partial charge in [-0.2, -0.15) is 13.2 Å². The first kappa shape index (κ1) is 25.7. The predicted molar refractivity (Wildman–Crippen MR) is 97.6 cm³/mol. The number of unbranched alkanes of at least 4 members (excludes halogenated alkanes) is 8. The summed E-state index contributed by atoms with van der Waals surface area (Å²) in [5.74, 6) is 0. The highest BCUT2D eigenvalue weighted by molar-refractivity contribution is 7.86. The molecule has 1 aliphatic heterocycles. The molecule has 0 saturated carbocycles. The molecule has 0 N–H and O–H groups in total. The Labute approximate surface area is 157 Å². The first-order valence-corrected chi connectivity index (χ1v) is 11.4. The predicted octanol–water partition coefficient (Wildman–Crippen LogP) is 5.20. The third-order valence-corrected chi connectivity index (χ3v) is 5.77. The molecule has 4 nitrogen and oxygen atoms in total. The Morgan fingerprint density at radius 3 is 1.58 bits per heavy atom. The molecule has 0 radical (unpaired) electrons. The first-order chi connectivity index (χ1) is 12.1. The van der Waals surface area contributed by atoms with Crippen molar-refractivity contribution < 1.29 is 30.6 Å². The van der Waals surface area contributed by atoms with Crippen molar-refractivity contribution in [1.82, 2.24) is 0 Å². The Morgan fingerprint density at radius 1 is 0.846 bits per heavy atom. The molecule has 1 saturated heterocycles. The molecule has 26 heavy (non-hydrogen) atoms.